The topological polar surface area (TPSA) is 80.3 Å². The van der Waals surface area contributed by atoms with Gasteiger partial charge in [0.15, 0.2) is 0 Å². The summed E-state index contributed by atoms with van der Waals surface area (Å²) in [6.45, 7) is 0. The summed E-state index contributed by atoms with van der Waals surface area (Å²) >= 11 is 0. The van der Waals surface area contributed by atoms with Crippen LogP contribution in [-0.2, 0) is 27.5 Å². The van der Waals surface area contributed by atoms with Crippen LogP contribution in [-0.4, -0.2) is 72.6 Å². The Labute approximate surface area is 98.6 Å². The van der Waals surface area contributed by atoms with E-state index in [0.717, 1.165) is 0 Å². The molecule has 0 aromatic carbocycles. The molecule has 4 nitrogen and oxygen atoms in total. The summed E-state index contributed by atoms with van der Waals surface area (Å²) in [6.07, 6.45) is 0. The second kappa shape index (κ2) is 9.18. The molecule has 0 aliphatic rings. The van der Waals surface area contributed by atoms with E-state index in [-0.39, 0.29) is 72.2 Å². The van der Waals surface area contributed by atoms with Crippen molar-refractivity contribution in [2.45, 2.75) is 0 Å². The molecule has 0 aliphatic carbocycles. The van der Waals surface area contributed by atoms with E-state index >= 15 is 0 Å². The Hall–Kier alpha value is 2.18. The fraction of sp³-hybridized carbons (Fsp3) is 0. The van der Waals surface area contributed by atoms with Gasteiger partial charge >= 0.3 is 72.2 Å². The molecule has 0 bridgehead atoms. The monoisotopic (exact) mass is 218 g/mol. The van der Waals surface area contributed by atoms with Crippen molar-refractivity contribution < 1.29 is 34.6 Å². The van der Waals surface area contributed by atoms with Crippen LogP contribution in [0.2, 0.25) is 0 Å². The van der Waals surface area contributed by atoms with Gasteiger partial charge in [-0.3, -0.25) is 8.42 Å². The Morgan fingerprint density at radius 2 is 1.12 bits per heavy atom. The fourth-order valence-electron chi connectivity index (χ4n) is 0. The van der Waals surface area contributed by atoms with Gasteiger partial charge in [-0.15, -0.1) is 0 Å². The summed E-state index contributed by atoms with van der Waals surface area (Å²) in [5.41, 5.74) is 0. The summed E-state index contributed by atoms with van der Waals surface area (Å²) in [5.74, 6) is 0. The summed E-state index contributed by atoms with van der Waals surface area (Å²) < 4.78 is 34.1. The molecule has 0 rings (SSSR count). The van der Waals surface area contributed by atoms with E-state index in [0.29, 0.717) is 0 Å². The molecular weight excluding hydrogens is 218 g/mol. The zero-order valence-corrected chi connectivity index (χ0v) is 9.06. The maximum absolute atomic E-state index is 8.52. The normalized spacial score (nSPS) is 7.25. The first kappa shape index (κ1) is 22.5. The molecule has 1 radical (unpaired) electrons. The van der Waals surface area contributed by atoms with Gasteiger partial charge in [-0.05, 0) is 0 Å². The van der Waals surface area contributed by atoms with E-state index in [1.165, 1.54) is 0 Å². The van der Waals surface area contributed by atoms with Crippen molar-refractivity contribution >= 4 is 65.5 Å². The van der Waals surface area contributed by atoms with Gasteiger partial charge in [0.1, 0.15) is 0 Å². The maximum atomic E-state index is 8.52. The van der Waals surface area contributed by atoms with Crippen molar-refractivity contribution in [3.8, 4) is 0 Å². The van der Waals surface area contributed by atoms with E-state index < -0.39 is 10.4 Å². The van der Waals surface area contributed by atoms with Crippen LogP contribution in [0.25, 0.3) is 0 Å². The molecule has 0 aromatic heterocycles. The molecule has 0 aliphatic heterocycles. The van der Waals surface area contributed by atoms with Crippen molar-refractivity contribution in [3.63, 3.8) is 0 Å². The third kappa shape index (κ3) is 88.7. The number of hydrogen-bond acceptors (Lipinski definition) is 4. The minimum atomic E-state index is -5.17. The minimum Gasteiger partial charge on any atom is -0.759 e. The molecule has 0 spiro atoms. The molecule has 0 saturated heterocycles. The van der Waals surface area contributed by atoms with Crippen molar-refractivity contribution in [1.29, 1.82) is 0 Å². The number of rotatable bonds is 0. The molecule has 0 fully saturated rings. The smallest absolute Gasteiger partial charge is 0.759 e. The van der Waals surface area contributed by atoms with Crippen molar-refractivity contribution in [2.75, 3.05) is 0 Å². The average Bonchev–Trinajstić information content (AvgIpc) is 0.722. The molecule has 0 unspecified atom stereocenters. The number of hydrogen-bond donors (Lipinski definition) is 0. The van der Waals surface area contributed by atoms with Crippen LogP contribution in [0.15, 0.2) is 0 Å². The average molecular weight is 218 g/mol. The first-order valence-corrected chi connectivity index (χ1v) is 2.00. The molecule has 8 heavy (non-hydrogen) atoms. The van der Waals surface area contributed by atoms with Crippen LogP contribution in [0.1, 0.15) is 0 Å². The fourth-order valence-corrected chi connectivity index (χ4v) is 0. The van der Waals surface area contributed by atoms with Crippen LogP contribution in [0.4, 0.5) is 0 Å². The molecule has 0 amide bonds. The molecule has 0 aromatic rings. The summed E-state index contributed by atoms with van der Waals surface area (Å²) in [7, 11) is -5.17. The zero-order valence-electron chi connectivity index (χ0n) is 3.70. The largest absolute Gasteiger partial charge is 3.00 e. The summed E-state index contributed by atoms with van der Waals surface area (Å²) in [6, 6.07) is 0. The van der Waals surface area contributed by atoms with Gasteiger partial charge in [0, 0.05) is 10.4 Å². The van der Waals surface area contributed by atoms with E-state index in [2.05, 4.69) is 0 Å². The first-order valence-electron chi connectivity index (χ1n) is 0.667. The van der Waals surface area contributed by atoms with E-state index in [1.807, 2.05) is 0 Å². The molecule has 8 heteroatoms. The molecule has 0 N–H and O–H groups in total. The summed E-state index contributed by atoms with van der Waals surface area (Å²) in [5, 5.41) is 0. The third-order valence-corrected chi connectivity index (χ3v) is 0. The van der Waals surface area contributed by atoms with E-state index in [4.69, 9.17) is 17.5 Å². The Bertz CT molecular complexity index is 99.2. The van der Waals surface area contributed by atoms with Crippen LogP contribution < -0.4 is 0 Å². The standard InChI is InChI=1S/Al.Ca.Mn.H2O4S/c;;;1-5(2,3)4/h;;;(H2,1,2,3,4)/q+3;2*+2;/p-2. The first-order chi connectivity index (χ1) is 2.00. The van der Waals surface area contributed by atoms with Gasteiger partial charge in [0.05, 0.1) is 0 Å². The van der Waals surface area contributed by atoms with E-state index in [1.54, 1.807) is 0 Å². The van der Waals surface area contributed by atoms with Crippen molar-refractivity contribution in [2.24, 2.45) is 0 Å². The third-order valence-electron chi connectivity index (χ3n) is 0. The van der Waals surface area contributed by atoms with Crippen LogP contribution >= 0.6 is 0 Å². The second-order valence-corrected chi connectivity index (χ2v) is 1.22. The SMILES string of the molecule is O=S(=O)([O-])[O-].[Al+3].[Ca+2].[Mn+2]. The minimum absolute atomic E-state index is 0. The quantitative estimate of drug-likeness (QED) is 0.265. The van der Waals surface area contributed by atoms with Gasteiger partial charge < -0.3 is 9.11 Å². The molecule has 0 atom stereocenters. The van der Waals surface area contributed by atoms with Crippen LogP contribution in [0.5, 0.6) is 0 Å². The van der Waals surface area contributed by atoms with E-state index in [9.17, 15) is 0 Å². The molecule has 0 saturated carbocycles. The van der Waals surface area contributed by atoms with Crippen LogP contribution in [0.3, 0.4) is 0 Å². The molecule has 37 valence electrons. The predicted octanol–water partition coefficient (Wildman–Crippen LogP) is -2.10. The van der Waals surface area contributed by atoms with Gasteiger partial charge in [-0.1, -0.05) is 0 Å². The molecule has 0 heterocycles. The maximum Gasteiger partial charge on any atom is 3.00 e. The van der Waals surface area contributed by atoms with Gasteiger partial charge in [-0.2, -0.15) is 0 Å². The summed E-state index contributed by atoms with van der Waals surface area (Å²) in [4.78, 5) is 0. The van der Waals surface area contributed by atoms with Crippen LogP contribution in [0, 0.1) is 0 Å². The predicted molar refractivity (Wildman–Crippen MR) is 22.0 cm³/mol. The van der Waals surface area contributed by atoms with Crippen molar-refractivity contribution in [1.82, 2.24) is 0 Å². The van der Waals surface area contributed by atoms with Crippen molar-refractivity contribution in [3.05, 3.63) is 0 Å². The zero-order chi connectivity index (χ0) is 4.50. The van der Waals surface area contributed by atoms with Gasteiger partial charge in [-0.25, -0.2) is 0 Å². The Kier molecular flexibility index (Phi) is 25.8. The van der Waals surface area contributed by atoms with Gasteiger partial charge in [0.2, 0.25) is 0 Å². The van der Waals surface area contributed by atoms with Gasteiger partial charge in [0.25, 0.3) is 0 Å². The Morgan fingerprint density at radius 3 is 1.12 bits per heavy atom. The Morgan fingerprint density at radius 1 is 1.12 bits per heavy atom. The Balaban J connectivity index is -0.0000000267. The second-order valence-electron chi connectivity index (χ2n) is 0.408. The molecular formula is AlCaMnO4S+5.